The highest BCUT2D eigenvalue weighted by molar-refractivity contribution is 7.17. The Kier molecular flexibility index (Phi) is 3.49. The van der Waals surface area contributed by atoms with Gasteiger partial charge in [-0.25, -0.2) is 19.9 Å². The van der Waals surface area contributed by atoms with Crippen LogP contribution in [0.25, 0.3) is 32.9 Å². The lowest BCUT2D eigenvalue weighted by Crippen LogP contribution is -1.95. The Labute approximate surface area is 135 Å². The van der Waals surface area contributed by atoms with Gasteiger partial charge < -0.3 is 0 Å². The van der Waals surface area contributed by atoms with E-state index in [1.54, 1.807) is 43.1 Å². The van der Waals surface area contributed by atoms with Crippen LogP contribution >= 0.6 is 11.3 Å². The zero-order chi connectivity index (χ0) is 15.5. The van der Waals surface area contributed by atoms with Gasteiger partial charge in [-0.3, -0.25) is 4.98 Å². The molecule has 0 aromatic carbocycles. The van der Waals surface area contributed by atoms with E-state index in [0.717, 1.165) is 10.6 Å². The molecular weight excluding hydrogens is 310 g/mol. The molecular formula is C15H9N7S. The molecule has 4 aromatic heterocycles. The van der Waals surface area contributed by atoms with Crippen molar-refractivity contribution < 1.29 is 0 Å². The van der Waals surface area contributed by atoms with Gasteiger partial charge in [0.25, 0.3) is 0 Å². The van der Waals surface area contributed by atoms with Crippen LogP contribution in [0.5, 0.6) is 0 Å². The van der Waals surface area contributed by atoms with Crippen LogP contribution in [-0.2, 0) is 0 Å². The lowest BCUT2D eigenvalue weighted by Gasteiger charge is -1.99. The van der Waals surface area contributed by atoms with Crippen molar-refractivity contribution in [2.75, 3.05) is 0 Å². The number of pyridine rings is 1. The summed E-state index contributed by atoms with van der Waals surface area (Å²) in [6.07, 6.45) is 8.46. The fraction of sp³-hybridized carbons (Fsp3) is 0. The maximum atomic E-state index is 4.48. The molecule has 0 spiro atoms. The Morgan fingerprint density at radius 3 is 2.39 bits per heavy atom. The second-order valence-electron chi connectivity index (χ2n) is 4.49. The third kappa shape index (κ3) is 2.79. The first kappa shape index (κ1) is 13.5. The fourth-order valence-corrected chi connectivity index (χ4v) is 2.74. The predicted molar refractivity (Wildman–Crippen MR) is 85.2 cm³/mol. The number of hydrogen-bond donors (Lipinski definition) is 0. The molecule has 4 aromatic rings. The summed E-state index contributed by atoms with van der Waals surface area (Å²) in [7, 11) is 0. The molecule has 0 saturated heterocycles. The first-order valence-electron chi connectivity index (χ1n) is 6.75. The summed E-state index contributed by atoms with van der Waals surface area (Å²) in [5.74, 6) is 0.938. The average Bonchev–Trinajstić information content (AvgIpc) is 3.14. The molecule has 0 saturated carbocycles. The van der Waals surface area contributed by atoms with Crippen molar-refractivity contribution in [3.05, 3.63) is 55.2 Å². The van der Waals surface area contributed by atoms with Gasteiger partial charge in [0, 0.05) is 36.5 Å². The molecule has 8 heteroatoms. The summed E-state index contributed by atoms with van der Waals surface area (Å²) in [4.78, 5) is 21.1. The van der Waals surface area contributed by atoms with E-state index in [1.165, 1.54) is 11.3 Å². The lowest BCUT2D eigenvalue weighted by molar-refractivity contribution is 1.06. The van der Waals surface area contributed by atoms with Gasteiger partial charge in [0.05, 0.1) is 0 Å². The van der Waals surface area contributed by atoms with E-state index < -0.39 is 0 Å². The van der Waals surface area contributed by atoms with E-state index in [4.69, 9.17) is 0 Å². The van der Waals surface area contributed by atoms with Crippen LogP contribution in [-0.4, -0.2) is 35.1 Å². The van der Waals surface area contributed by atoms with E-state index in [2.05, 4.69) is 35.1 Å². The summed E-state index contributed by atoms with van der Waals surface area (Å²) < 4.78 is 0. The van der Waals surface area contributed by atoms with Gasteiger partial charge in [-0.15, -0.1) is 10.2 Å². The third-order valence-corrected chi connectivity index (χ3v) is 3.97. The second-order valence-corrected chi connectivity index (χ2v) is 5.47. The quantitative estimate of drug-likeness (QED) is 0.573. The van der Waals surface area contributed by atoms with Crippen molar-refractivity contribution in [2.24, 2.45) is 0 Å². The molecule has 0 bridgehead atoms. The number of rotatable bonds is 3. The van der Waals surface area contributed by atoms with Crippen LogP contribution in [0.4, 0.5) is 0 Å². The number of hydrogen-bond acceptors (Lipinski definition) is 8. The molecule has 0 radical (unpaired) electrons. The van der Waals surface area contributed by atoms with Gasteiger partial charge in [0.1, 0.15) is 10.7 Å². The number of nitrogens with zero attached hydrogens (tertiary/aromatic N) is 7. The monoisotopic (exact) mass is 319 g/mol. The normalized spacial score (nSPS) is 10.6. The number of aromatic nitrogens is 7. The minimum absolute atomic E-state index is 0.459. The van der Waals surface area contributed by atoms with Gasteiger partial charge in [-0.1, -0.05) is 11.3 Å². The van der Waals surface area contributed by atoms with Crippen LogP contribution in [0.2, 0.25) is 0 Å². The van der Waals surface area contributed by atoms with Gasteiger partial charge in [-0.05, 0) is 24.3 Å². The highest BCUT2D eigenvalue weighted by Gasteiger charge is 2.12. The molecule has 0 unspecified atom stereocenters. The maximum absolute atomic E-state index is 4.48. The van der Waals surface area contributed by atoms with E-state index in [1.807, 2.05) is 12.1 Å². The molecule has 4 rings (SSSR count). The van der Waals surface area contributed by atoms with E-state index in [-0.39, 0.29) is 0 Å². The fourth-order valence-electron chi connectivity index (χ4n) is 1.93. The summed E-state index contributed by atoms with van der Waals surface area (Å²) >= 11 is 1.45. The van der Waals surface area contributed by atoms with Gasteiger partial charge >= 0.3 is 0 Å². The predicted octanol–water partition coefficient (Wildman–Crippen LogP) is 2.51. The minimum atomic E-state index is 0.459. The largest absolute Gasteiger partial charge is 0.264 e. The van der Waals surface area contributed by atoms with E-state index in [9.17, 15) is 0 Å². The Bertz CT molecular complexity index is 925. The molecule has 0 atom stereocenters. The zero-order valence-corrected chi connectivity index (χ0v) is 12.6. The summed E-state index contributed by atoms with van der Waals surface area (Å²) in [6, 6.07) is 7.35. The minimum Gasteiger partial charge on any atom is -0.264 e. The molecule has 0 amide bonds. The highest BCUT2D eigenvalue weighted by atomic mass is 32.1. The second kappa shape index (κ2) is 5.93. The molecule has 0 aliphatic carbocycles. The summed E-state index contributed by atoms with van der Waals surface area (Å²) in [6.45, 7) is 0. The first-order valence-corrected chi connectivity index (χ1v) is 7.56. The van der Waals surface area contributed by atoms with Gasteiger partial charge in [0.15, 0.2) is 16.7 Å². The van der Waals surface area contributed by atoms with Crippen molar-refractivity contribution in [1.82, 2.24) is 35.1 Å². The maximum Gasteiger partial charge on any atom is 0.198 e. The highest BCUT2D eigenvalue weighted by Crippen LogP contribution is 2.28. The zero-order valence-electron chi connectivity index (χ0n) is 11.7. The summed E-state index contributed by atoms with van der Waals surface area (Å²) in [5, 5.41) is 9.92. The Morgan fingerprint density at radius 1 is 0.739 bits per heavy atom. The molecule has 110 valence electrons. The Morgan fingerprint density at radius 2 is 1.57 bits per heavy atom. The van der Waals surface area contributed by atoms with Gasteiger partial charge in [-0.2, -0.15) is 0 Å². The van der Waals surface area contributed by atoms with Crippen LogP contribution in [0.3, 0.4) is 0 Å². The molecule has 0 fully saturated rings. The molecule has 7 nitrogen and oxygen atoms in total. The molecule has 0 aliphatic rings. The van der Waals surface area contributed by atoms with Crippen molar-refractivity contribution in [1.29, 1.82) is 0 Å². The SMILES string of the molecule is c1cnc(-c2nccc(-c3nnc(-c4cccnc4)s3)n2)nc1. The van der Waals surface area contributed by atoms with Crippen molar-refractivity contribution in [3.8, 4) is 32.9 Å². The molecule has 4 heterocycles. The Balaban J connectivity index is 1.71. The Hall–Kier alpha value is -3.13. The molecule has 23 heavy (non-hydrogen) atoms. The molecule has 0 aliphatic heterocycles. The smallest absolute Gasteiger partial charge is 0.198 e. The summed E-state index contributed by atoms with van der Waals surface area (Å²) in [5.41, 5.74) is 1.62. The third-order valence-electron chi connectivity index (χ3n) is 2.97. The van der Waals surface area contributed by atoms with Crippen molar-refractivity contribution in [3.63, 3.8) is 0 Å². The first-order chi connectivity index (χ1) is 11.4. The molecule has 0 N–H and O–H groups in total. The van der Waals surface area contributed by atoms with E-state index >= 15 is 0 Å². The van der Waals surface area contributed by atoms with Crippen LogP contribution in [0.1, 0.15) is 0 Å². The van der Waals surface area contributed by atoms with E-state index in [0.29, 0.717) is 22.4 Å². The van der Waals surface area contributed by atoms with Crippen molar-refractivity contribution in [2.45, 2.75) is 0 Å². The van der Waals surface area contributed by atoms with Crippen LogP contribution in [0, 0.1) is 0 Å². The topological polar surface area (TPSA) is 90.2 Å². The van der Waals surface area contributed by atoms with Crippen molar-refractivity contribution >= 4 is 11.3 Å². The average molecular weight is 319 g/mol. The van der Waals surface area contributed by atoms with Gasteiger partial charge in [0.2, 0.25) is 0 Å². The standard InChI is InChI=1S/C15H9N7S/c1-3-10(9-16-5-1)14-21-22-15(23-14)11-4-8-19-13(20-11)12-17-6-2-7-18-12/h1-9H. The van der Waals surface area contributed by atoms with Crippen LogP contribution < -0.4 is 0 Å². The lowest BCUT2D eigenvalue weighted by atomic mass is 10.3. The van der Waals surface area contributed by atoms with Crippen LogP contribution in [0.15, 0.2) is 55.2 Å².